The van der Waals surface area contributed by atoms with Crippen LogP contribution in [0.3, 0.4) is 0 Å². The second kappa shape index (κ2) is 4.99. The maximum Gasteiger partial charge on any atom is 0.0835 e. The molecule has 0 aromatic carbocycles. The van der Waals surface area contributed by atoms with E-state index < -0.39 is 0 Å². The summed E-state index contributed by atoms with van der Waals surface area (Å²) >= 11 is 0. The van der Waals surface area contributed by atoms with Crippen LogP contribution in [-0.2, 0) is 6.54 Å². The van der Waals surface area contributed by atoms with Crippen molar-refractivity contribution in [2.24, 2.45) is 0 Å². The molecule has 1 N–H and O–H groups in total. The average Bonchev–Trinajstić information content (AvgIpc) is 2.58. The fourth-order valence-electron chi connectivity index (χ4n) is 1.87. The Morgan fingerprint density at radius 3 is 2.76 bits per heavy atom. The molecule has 0 spiro atoms. The smallest absolute Gasteiger partial charge is 0.0835 e. The first-order valence-corrected chi connectivity index (χ1v) is 5.89. The van der Waals surface area contributed by atoms with Gasteiger partial charge in [-0.3, -0.25) is 9.67 Å². The molecule has 0 unspecified atom stereocenters. The second-order valence-electron chi connectivity index (χ2n) is 4.15. The van der Waals surface area contributed by atoms with Crippen LogP contribution < -0.4 is 5.32 Å². The third kappa shape index (κ3) is 2.84. The summed E-state index contributed by atoms with van der Waals surface area (Å²) in [7, 11) is 0. The molecule has 17 heavy (non-hydrogen) atoms. The lowest BCUT2D eigenvalue weighted by molar-refractivity contribution is 0.647. The van der Waals surface area contributed by atoms with Crippen molar-refractivity contribution in [3.63, 3.8) is 0 Å². The van der Waals surface area contributed by atoms with Gasteiger partial charge in [0.2, 0.25) is 0 Å². The summed E-state index contributed by atoms with van der Waals surface area (Å²) in [4.78, 5) is 4.37. The van der Waals surface area contributed by atoms with Crippen LogP contribution in [0.1, 0.15) is 24.0 Å². The Balaban J connectivity index is 2.18. The van der Waals surface area contributed by atoms with Gasteiger partial charge in [-0.25, -0.2) is 0 Å². The summed E-state index contributed by atoms with van der Waals surface area (Å²) in [6.45, 7) is 7.80. The minimum absolute atomic E-state index is 0.721. The number of rotatable bonds is 4. The zero-order chi connectivity index (χ0) is 12.3. The van der Waals surface area contributed by atoms with Gasteiger partial charge in [-0.1, -0.05) is 0 Å². The Bertz CT molecular complexity index is 502. The van der Waals surface area contributed by atoms with Crippen LogP contribution in [0, 0.1) is 13.8 Å². The van der Waals surface area contributed by atoms with Crippen LogP contribution in [0.4, 0.5) is 5.69 Å². The number of pyridine rings is 1. The van der Waals surface area contributed by atoms with Crippen molar-refractivity contribution in [3.8, 4) is 0 Å². The summed E-state index contributed by atoms with van der Waals surface area (Å²) in [5, 5.41) is 7.72. The summed E-state index contributed by atoms with van der Waals surface area (Å²) in [5.41, 5.74) is 4.34. The number of nitrogens with zero attached hydrogens (tertiary/aromatic N) is 3. The molecule has 0 saturated carbocycles. The maximum absolute atomic E-state index is 4.44. The molecule has 0 atom stereocenters. The number of hydrogen-bond donors (Lipinski definition) is 1. The van der Waals surface area contributed by atoms with Crippen molar-refractivity contribution in [1.82, 2.24) is 14.8 Å². The zero-order valence-corrected chi connectivity index (χ0v) is 10.6. The molecule has 0 aliphatic carbocycles. The highest BCUT2D eigenvalue weighted by Gasteiger charge is 2.03. The largest absolute Gasteiger partial charge is 0.385 e. The lowest BCUT2D eigenvalue weighted by Gasteiger charge is -2.07. The van der Waals surface area contributed by atoms with E-state index in [4.69, 9.17) is 0 Å². The van der Waals surface area contributed by atoms with Gasteiger partial charge in [-0.2, -0.15) is 5.10 Å². The molecular weight excluding hydrogens is 212 g/mol. The maximum atomic E-state index is 4.44. The van der Waals surface area contributed by atoms with Crippen molar-refractivity contribution < 1.29 is 0 Å². The Labute approximate surface area is 102 Å². The van der Waals surface area contributed by atoms with Gasteiger partial charge < -0.3 is 5.32 Å². The average molecular weight is 230 g/mol. The molecule has 0 aliphatic heterocycles. The van der Waals surface area contributed by atoms with E-state index in [1.54, 1.807) is 0 Å². The first-order valence-electron chi connectivity index (χ1n) is 5.89. The van der Waals surface area contributed by atoms with E-state index in [1.165, 1.54) is 0 Å². The van der Waals surface area contributed by atoms with Crippen LogP contribution >= 0.6 is 0 Å². The molecule has 4 nitrogen and oxygen atoms in total. The van der Waals surface area contributed by atoms with Gasteiger partial charge in [0.05, 0.1) is 17.9 Å². The third-order valence-electron chi connectivity index (χ3n) is 2.61. The summed E-state index contributed by atoms with van der Waals surface area (Å²) in [6, 6.07) is 6.13. The summed E-state index contributed by atoms with van der Waals surface area (Å²) in [6.07, 6.45) is 1.83. The van der Waals surface area contributed by atoms with E-state index in [2.05, 4.69) is 41.4 Å². The number of aryl methyl sites for hydroxylation is 2. The minimum atomic E-state index is 0.721. The minimum Gasteiger partial charge on any atom is -0.385 e. The van der Waals surface area contributed by atoms with Gasteiger partial charge >= 0.3 is 0 Å². The van der Waals surface area contributed by atoms with Crippen molar-refractivity contribution in [2.75, 3.05) is 11.9 Å². The van der Waals surface area contributed by atoms with Crippen LogP contribution in [0.15, 0.2) is 24.4 Å². The van der Waals surface area contributed by atoms with Crippen molar-refractivity contribution >= 4 is 5.69 Å². The van der Waals surface area contributed by atoms with Crippen LogP contribution in [0.2, 0.25) is 0 Å². The Morgan fingerprint density at radius 1 is 1.29 bits per heavy atom. The van der Waals surface area contributed by atoms with Crippen LogP contribution in [0.25, 0.3) is 0 Å². The molecule has 0 saturated heterocycles. The molecule has 2 aromatic heterocycles. The van der Waals surface area contributed by atoms with Gasteiger partial charge in [0.15, 0.2) is 0 Å². The molecule has 2 rings (SSSR count). The van der Waals surface area contributed by atoms with Gasteiger partial charge in [0.25, 0.3) is 0 Å². The molecule has 0 bridgehead atoms. The van der Waals surface area contributed by atoms with Crippen molar-refractivity contribution in [1.29, 1.82) is 0 Å². The lowest BCUT2D eigenvalue weighted by atomic mass is 10.3. The standard InChI is InChI=1S/C13H18N4/c1-4-14-12-5-6-15-13(8-12)9-17-11(3)7-10(2)16-17/h5-8H,4,9H2,1-3H3,(H,14,15). The highest BCUT2D eigenvalue weighted by molar-refractivity contribution is 5.43. The highest BCUT2D eigenvalue weighted by atomic mass is 15.3. The first kappa shape index (κ1) is 11.6. The molecule has 2 aromatic rings. The predicted molar refractivity (Wildman–Crippen MR) is 69.2 cm³/mol. The van der Waals surface area contributed by atoms with Gasteiger partial charge in [-0.05, 0) is 39.0 Å². The van der Waals surface area contributed by atoms with Gasteiger partial charge in [-0.15, -0.1) is 0 Å². The summed E-state index contributed by atoms with van der Waals surface area (Å²) in [5.74, 6) is 0. The van der Waals surface area contributed by atoms with Gasteiger partial charge in [0, 0.05) is 24.1 Å². The molecule has 0 radical (unpaired) electrons. The molecule has 0 fully saturated rings. The quantitative estimate of drug-likeness (QED) is 0.877. The van der Waals surface area contributed by atoms with E-state index in [1.807, 2.05) is 23.9 Å². The first-order chi connectivity index (χ1) is 8.19. The van der Waals surface area contributed by atoms with E-state index in [9.17, 15) is 0 Å². The molecular formula is C13H18N4. The molecule has 0 aliphatic rings. The topological polar surface area (TPSA) is 42.7 Å². The van der Waals surface area contributed by atoms with E-state index in [0.29, 0.717) is 0 Å². The predicted octanol–water partition coefficient (Wildman–Crippen LogP) is 2.38. The SMILES string of the molecule is CCNc1ccnc(Cn2nc(C)cc2C)c1. The monoisotopic (exact) mass is 230 g/mol. The summed E-state index contributed by atoms with van der Waals surface area (Å²) < 4.78 is 1.98. The van der Waals surface area contributed by atoms with Crippen LogP contribution in [-0.4, -0.2) is 21.3 Å². The fraction of sp³-hybridized carbons (Fsp3) is 0.385. The lowest BCUT2D eigenvalue weighted by Crippen LogP contribution is -2.06. The number of anilines is 1. The molecule has 4 heteroatoms. The van der Waals surface area contributed by atoms with E-state index in [-0.39, 0.29) is 0 Å². The molecule has 90 valence electrons. The van der Waals surface area contributed by atoms with Crippen LogP contribution in [0.5, 0.6) is 0 Å². The number of hydrogen-bond acceptors (Lipinski definition) is 3. The van der Waals surface area contributed by atoms with Crippen molar-refractivity contribution in [2.45, 2.75) is 27.3 Å². The molecule has 2 heterocycles. The molecule has 0 amide bonds. The Hall–Kier alpha value is -1.84. The second-order valence-corrected chi connectivity index (χ2v) is 4.15. The third-order valence-corrected chi connectivity index (χ3v) is 2.61. The number of nitrogens with one attached hydrogen (secondary N) is 1. The van der Waals surface area contributed by atoms with E-state index >= 15 is 0 Å². The van der Waals surface area contributed by atoms with Gasteiger partial charge in [0.1, 0.15) is 0 Å². The normalized spacial score (nSPS) is 10.5. The highest BCUT2D eigenvalue weighted by Crippen LogP contribution is 2.10. The fourth-order valence-corrected chi connectivity index (χ4v) is 1.87. The van der Waals surface area contributed by atoms with E-state index in [0.717, 1.165) is 35.9 Å². The Kier molecular flexibility index (Phi) is 3.42. The van der Waals surface area contributed by atoms with Crippen molar-refractivity contribution in [3.05, 3.63) is 41.5 Å². The Morgan fingerprint density at radius 2 is 2.12 bits per heavy atom. The number of aromatic nitrogens is 3. The zero-order valence-electron chi connectivity index (χ0n) is 10.6.